The normalized spacial score (nSPS) is 13.5. The molecule has 8 heteroatoms. The largest absolute Gasteiger partial charge is 0.503 e. The summed E-state index contributed by atoms with van der Waals surface area (Å²) in [6, 6.07) is 5.35. The molecule has 2 N–H and O–H groups in total. The van der Waals surface area contributed by atoms with E-state index < -0.39 is 17.6 Å². The van der Waals surface area contributed by atoms with Gasteiger partial charge in [-0.25, -0.2) is 4.79 Å². The number of fused-ring (bicyclic) bond motifs is 1. The Morgan fingerprint density at radius 1 is 1.21 bits per heavy atom. The van der Waals surface area contributed by atoms with Crippen molar-refractivity contribution in [2.24, 2.45) is 0 Å². The molecule has 0 atom stereocenters. The Balaban J connectivity index is 1.74. The van der Waals surface area contributed by atoms with Gasteiger partial charge < -0.3 is 19.8 Å². The summed E-state index contributed by atoms with van der Waals surface area (Å²) in [5.74, 6) is -0.921. The molecule has 0 radical (unpaired) electrons. The molecule has 0 aliphatic carbocycles. The summed E-state index contributed by atoms with van der Waals surface area (Å²) in [7, 11) is 0. The maximum atomic E-state index is 12.2. The lowest BCUT2D eigenvalue weighted by Gasteiger charge is -2.29. The third-order valence-electron chi connectivity index (χ3n) is 3.84. The molecule has 0 unspecified atom stereocenters. The lowest BCUT2D eigenvalue weighted by molar-refractivity contribution is 0.0908. The first kappa shape index (κ1) is 16.7. The second kappa shape index (κ2) is 6.75. The van der Waals surface area contributed by atoms with Crippen molar-refractivity contribution in [2.45, 2.75) is 19.6 Å². The number of amides is 1. The minimum absolute atomic E-state index is 0.00544. The highest BCUT2D eigenvalue weighted by molar-refractivity contribution is 6.36. The molecule has 1 aromatic carbocycles. The van der Waals surface area contributed by atoms with E-state index in [1.807, 2.05) is 6.07 Å². The molecule has 0 fully saturated rings. The number of rotatable bonds is 2. The zero-order valence-electron chi connectivity index (χ0n) is 12.5. The SMILES string of the molecule is O=C(OCc1ccccn1)N1CCc2c(Cl)c(O)c(O)c(Cl)c2C1. The van der Waals surface area contributed by atoms with Gasteiger partial charge in [0.1, 0.15) is 6.61 Å². The number of hydrogen-bond donors (Lipinski definition) is 2. The second-order valence-electron chi connectivity index (χ2n) is 5.33. The van der Waals surface area contributed by atoms with Gasteiger partial charge in [0.2, 0.25) is 0 Å². The summed E-state index contributed by atoms with van der Waals surface area (Å²) in [6.45, 7) is 0.579. The molecule has 0 saturated carbocycles. The first-order chi connectivity index (χ1) is 11.5. The van der Waals surface area contributed by atoms with Gasteiger partial charge in [-0.2, -0.15) is 0 Å². The molecule has 6 nitrogen and oxygen atoms in total. The molecule has 1 aliphatic heterocycles. The first-order valence-corrected chi connectivity index (χ1v) is 7.97. The summed E-state index contributed by atoms with van der Waals surface area (Å²) >= 11 is 12.1. The van der Waals surface area contributed by atoms with E-state index in [2.05, 4.69) is 4.98 Å². The van der Waals surface area contributed by atoms with Gasteiger partial charge in [-0.1, -0.05) is 29.3 Å². The van der Waals surface area contributed by atoms with Crippen LogP contribution in [0.4, 0.5) is 4.79 Å². The molecular formula is C16H14Cl2N2O4. The van der Waals surface area contributed by atoms with Gasteiger partial charge in [-0.05, 0) is 29.7 Å². The fourth-order valence-corrected chi connectivity index (χ4v) is 3.13. The third kappa shape index (κ3) is 3.07. The highest BCUT2D eigenvalue weighted by atomic mass is 35.5. The van der Waals surface area contributed by atoms with Gasteiger partial charge in [0.25, 0.3) is 0 Å². The van der Waals surface area contributed by atoms with Gasteiger partial charge in [-0.15, -0.1) is 0 Å². The van der Waals surface area contributed by atoms with Crippen LogP contribution in [-0.4, -0.2) is 32.7 Å². The number of carbonyl (C=O) groups is 1. The minimum Gasteiger partial charge on any atom is -0.503 e. The van der Waals surface area contributed by atoms with E-state index in [-0.39, 0.29) is 23.2 Å². The van der Waals surface area contributed by atoms with Crippen molar-refractivity contribution in [3.05, 3.63) is 51.3 Å². The molecule has 0 saturated heterocycles. The van der Waals surface area contributed by atoms with Crippen LogP contribution in [0.15, 0.2) is 24.4 Å². The Hall–Kier alpha value is -2.18. The molecule has 1 amide bonds. The number of benzene rings is 1. The van der Waals surface area contributed by atoms with E-state index in [1.165, 1.54) is 4.90 Å². The van der Waals surface area contributed by atoms with Crippen molar-refractivity contribution < 1.29 is 19.7 Å². The van der Waals surface area contributed by atoms with Crippen LogP contribution in [0.2, 0.25) is 10.0 Å². The van der Waals surface area contributed by atoms with Gasteiger partial charge in [0.15, 0.2) is 11.5 Å². The smallest absolute Gasteiger partial charge is 0.410 e. The number of nitrogens with zero attached hydrogens (tertiary/aromatic N) is 2. The van der Waals surface area contributed by atoms with E-state index in [0.29, 0.717) is 29.8 Å². The number of hydrogen-bond acceptors (Lipinski definition) is 5. The van der Waals surface area contributed by atoms with Crippen molar-refractivity contribution in [3.63, 3.8) is 0 Å². The Morgan fingerprint density at radius 2 is 1.92 bits per heavy atom. The van der Waals surface area contributed by atoms with Crippen LogP contribution in [0.1, 0.15) is 16.8 Å². The van der Waals surface area contributed by atoms with Crippen molar-refractivity contribution in [3.8, 4) is 11.5 Å². The van der Waals surface area contributed by atoms with E-state index in [4.69, 9.17) is 27.9 Å². The summed E-state index contributed by atoms with van der Waals surface area (Å²) in [5.41, 5.74) is 1.79. The zero-order chi connectivity index (χ0) is 17.3. The number of phenols is 2. The molecule has 126 valence electrons. The van der Waals surface area contributed by atoms with Crippen LogP contribution in [0, 0.1) is 0 Å². The number of carbonyl (C=O) groups excluding carboxylic acids is 1. The monoisotopic (exact) mass is 368 g/mol. The molecular weight excluding hydrogens is 355 g/mol. The summed E-state index contributed by atoms with van der Waals surface area (Å²) < 4.78 is 5.24. The van der Waals surface area contributed by atoms with Crippen molar-refractivity contribution in [1.29, 1.82) is 0 Å². The molecule has 0 bridgehead atoms. The lowest BCUT2D eigenvalue weighted by atomic mass is 9.98. The number of halogens is 2. The fraction of sp³-hybridized carbons (Fsp3) is 0.250. The van der Waals surface area contributed by atoms with Crippen molar-refractivity contribution in [2.75, 3.05) is 6.54 Å². The van der Waals surface area contributed by atoms with E-state index >= 15 is 0 Å². The maximum Gasteiger partial charge on any atom is 0.410 e. The van der Waals surface area contributed by atoms with Crippen LogP contribution < -0.4 is 0 Å². The number of ether oxygens (including phenoxy) is 1. The summed E-state index contributed by atoms with van der Waals surface area (Å²) in [4.78, 5) is 17.8. The van der Waals surface area contributed by atoms with Gasteiger partial charge >= 0.3 is 6.09 Å². The zero-order valence-corrected chi connectivity index (χ0v) is 14.0. The molecule has 3 rings (SSSR count). The molecule has 24 heavy (non-hydrogen) atoms. The second-order valence-corrected chi connectivity index (χ2v) is 6.09. The molecule has 2 heterocycles. The van der Waals surface area contributed by atoms with Crippen molar-refractivity contribution in [1.82, 2.24) is 9.88 Å². The van der Waals surface area contributed by atoms with Crippen LogP contribution in [0.25, 0.3) is 0 Å². The average molecular weight is 369 g/mol. The topological polar surface area (TPSA) is 82.9 Å². The lowest BCUT2D eigenvalue weighted by Crippen LogP contribution is -2.36. The molecule has 0 spiro atoms. The summed E-state index contributed by atoms with van der Waals surface area (Å²) in [5, 5.41) is 19.6. The summed E-state index contributed by atoms with van der Waals surface area (Å²) in [6.07, 6.45) is 1.52. The quantitative estimate of drug-likeness (QED) is 0.792. The van der Waals surface area contributed by atoms with Gasteiger partial charge in [0.05, 0.1) is 22.3 Å². The number of pyridine rings is 1. The van der Waals surface area contributed by atoms with E-state index in [1.54, 1.807) is 18.3 Å². The minimum atomic E-state index is -0.508. The Kier molecular flexibility index (Phi) is 4.69. The third-order valence-corrected chi connectivity index (χ3v) is 4.66. The molecule has 2 aromatic rings. The molecule has 1 aromatic heterocycles. The Bertz CT molecular complexity index is 784. The average Bonchev–Trinajstić information content (AvgIpc) is 2.63. The van der Waals surface area contributed by atoms with Crippen LogP contribution in [-0.2, 0) is 24.3 Å². The number of aromatic hydroxyl groups is 2. The van der Waals surface area contributed by atoms with E-state index in [0.717, 1.165) is 0 Å². The molecule has 1 aliphatic rings. The predicted molar refractivity (Wildman–Crippen MR) is 88.3 cm³/mol. The van der Waals surface area contributed by atoms with Crippen molar-refractivity contribution >= 4 is 29.3 Å². The van der Waals surface area contributed by atoms with Gasteiger partial charge in [0, 0.05) is 12.7 Å². The maximum absolute atomic E-state index is 12.2. The number of phenolic OH excluding ortho intramolecular Hbond substituents is 2. The highest BCUT2D eigenvalue weighted by Gasteiger charge is 2.29. The Morgan fingerprint density at radius 3 is 2.58 bits per heavy atom. The number of aromatic nitrogens is 1. The van der Waals surface area contributed by atoms with Crippen LogP contribution in [0.3, 0.4) is 0 Å². The van der Waals surface area contributed by atoms with Crippen LogP contribution >= 0.6 is 23.2 Å². The standard InChI is InChI=1S/C16H14Cl2N2O4/c17-12-10-4-6-20(7-11(10)13(18)15(22)14(12)21)16(23)24-8-9-3-1-2-5-19-9/h1-3,5,21-22H,4,6-8H2. The van der Waals surface area contributed by atoms with E-state index in [9.17, 15) is 15.0 Å². The predicted octanol–water partition coefficient (Wildman–Crippen LogP) is 3.49. The highest BCUT2D eigenvalue weighted by Crippen LogP contribution is 2.46. The van der Waals surface area contributed by atoms with Gasteiger partial charge in [-0.3, -0.25) is 4.98 Å². The van der Waals surface area contributed by atoms with Crippen LogP contribution in [0.5, 0.6) is 11.5 Å². The first-order valence-electron chi connectivity index (χ1n) is 7.21. The Labute approximate surface area is 148 Å². The fourth-order valence-electron chi connectivity index (χ4n) is 2.57.